The SMILES string of the molecule is Cc1ccc(C(=O)Nc2ccc(C(N)=S)cc2Br)c(Br)c1. The van der Waals surface area contributed by atoms with Crippen molar-refractivity contribution < 1.29 is 4.79 Å². The van der Waals surface area contributed by atoms with Gasteiger partial charge in [0, 0.05) is 14.5 Å². The monoisotopic (exact) mass is 426 g/mol. The molecular weight excluding hydrogens is 416 g/mol. The Balaban J connectivity index is 2.25. The maximum absolute atomic E-state index is 12.3. The summed E-state index contributed by atoms with van der Waals surface area (Å²) in [4.78, 5) is 12.6. The zero-order chi connectivity index (χ0) is 15.6. The molecule has 0 unspecified atom stereocenters. The lowest BCUT2D eigenvalue weighted by Crippen LogP contribution is -2.14. The van der Waals surface area contributed by atoms with Crippen molar-refractivity contribution >= 4 is 60.7 Å². The smallest absolute Gasteiger partial charge is 0.256 e. The van der Waals surface area contributed by atoms with E-state index < -0.39 is 0 Å². The van der Waals surface area contributed by atoms with E-state index in [1.165, 1.54) is 0 Å². The third-order valence-corrected chi connectivity index (χ3v) is 4.42. The molecule has 0 saturated carbocycles. The second-order valence-corrected chi connectivity index (χ2v) is 6.64. The summed E-state index contributed by atoms with van der Waals surface area (Å²) in [5, 5.41) is 2.85. The molecular formula is C15H12Br2N2OS. The minimum Gasteiger partial charge on any atom is -0.389 e. The van der Waals surface area contributed by atoms with Crippen LogP contribution in [0.4, 0.5) is 5.69 Å². The molecule has 0 aliphatic heterocycles. The van der Waals surface area contributed by atoms with Crippen LogP contribution in [0.5, 0.6) is 0 Å². The molecule has 1 amide bonds. The first-order valence-electron chi connectivity index (χ1n) is 6.05. The molecule has 2 rings (SSSR count). The van der Waals surface area contributed by atoms with Crippen molar-refractivity contribution in [3.05, 3.63) is 62.0 Å². The van der Waals surface area contributed by atoms with E-state index >= 15 is 0 Å². The molecule has 2 aromatic carbocycles. The first-order chi connectivity index (χ1) is 9.88. The summed E-state index contributed by atoms with van der Waals surface area (Å²) < 4.78 is 1.49. The Morgan fingerprint density at radius 3 is 2.43 bits per heavy atom. The summed E-state index contributed by atoms with van der Waals surface area (Å²) in [5.74, 6) is -0.189. The van der Waals surface area contributed by atoms with E-state index in [1.807, 2.05) is 19.1 Å². The van der Waals surface area contributed by atoms with Crippen LogP contribution in [0.1, 0.15) is 21.5 Å². The summed E-state index contributed by atoms with van der Waals surface area (Å²) in [6.45, 7) is 1.97. The zero-order valence-electron chi connectivity index (χ0n) is 11.1. The predicted octanol–water partition coefficient (Wildman–Crippen LogP) is 4.41. The topological polar surface area (TPSA) is 55.1 Å². The first kappa shape index (κ1) is 16.1. The number of nitrogens with two attached hydrogens (primary N) is 1. The molecule has 0 atom stereocenters. The third-order valence-electron chi connectivity index (χ3n) is 2.87. The van der Waals surface area contributed by atoms with Crippen LogP contribution in [0, 0.1) is 6.92 Å². The second-order valence-electron chi connectivity index (χ2n) is 4.50. The lowest BCUT2D eigenvalue weighted by molar-refractivity contribution is 0.102. The van der Waals surface area contributed by atoms with Crippen LogP contribution in [-0.2, 0) is 0 Å². The highest BCUT2D eigenvalue weighted by Gasteiger charge is 2.12. The Morgan fingerprint density at radius 1 is 1.14 bits per heavy atom. The van der Waals surface area contributed by atoms with E-state index in [4.69, 9.17) is 18.0 Å². The van der Waals surface area contributed by atoms with Crippen molar-refractivity contribution in [2.24, 2.45) is 5.73 Å². The molecule has 0 spiro atoms. The Kier molecular flexibility index (Phi) is 5.13. The average molecular weight is 428 g/mol. The number of carbonyl (C=O) groups is 1. The summed E-state index contributed by atoms with van der Waals surface area (Å²) in [6, 6.07) is 10.9. The Labute approximate surface area is 145 Å². The van der Waals surface area contributed by atoms with E-state index in [0.717, 1.165) is 20.1 Å². The minimum absolute atomic E-state index is 0.189. The largest absolute Gasteiger partial charge is 0.389 e. The molecule has 0 aliphatic carbocycles. The van der Waals surface area contributed by atoms with Gasteiger partial charge in [-0.15, -0.1) is 0 Å². The lowest BCUT2D eigenvalue weighted by atomic mass is 10.1. The number of hydrogen-bond donors (Lipinski definition) is 2. The Morgan fingerprint density at radius 2 is 1.86 bits per heavy atom. The maximum Gasteiger partial charge on any atom is 0.256 e. The second kappa shape index (κ2) is 6.68. The summed E-state index contributed by atoms with van der Waals surface area (Å²) in [5.41, 5.74) is 8.64. The van der Waals surface area contributed by atoms with Gasteiger partial charge in [0.1, 0.15) is 4.99 Å². The van der Waals surface area contributed by atoms with E-state index in [0.29, 0.717) is 16.2 Å². The number of thiocarbonyl (C=S) groups is 1. The molecule has 108 valence electrons. The van der Waals surface area contributed by atoms with E-state index in [1.54, 1.807) is 24.3 Å². The first-order valence-corrected chi connectivity index (χ1v) is 8.05. The summed E-state index contributed by atoms with van der Waals surface area (Å²) in [7, 11) is 0. The van der Waals surface area contributed by atoms with Gasteiger partial charge in [-0.1, -0.05) is 18.3 Å². The van der Waals surface area contributed by atoms with Crippen LogP contribution in [0.15, 0.2) is 45.3 Å². The van der Waals surface area contributed by atoms with Gasteiger partial charge in [-0.05, 0) is 74.7 Å². The number of halogens is 2. The van der Waals surface area contributed by atoms with Gasteiger partial charge in [-0.3, -0.25) is 4.79 Å². The standard InChI is InChI=1S/C15H12Br2N2OS/c1-8-2-4-10(11(16)6-8)15(20)19-13-5-3-9(14(18)21)7-12(13)17/h2-7H,1H3,(H2,18,21)(H,19,20). The molecule has 0 bridgehead atoms. The van der Waals surface area contributed by atoms with Crippen LogP contribution in [0.25, 0.3) is 0 Å². The van der Waals surface area contributed by atoms with Crippen LogP contribution in [0.2, 0.25) is 0 Å². The highest BCUT2D eigenvalue weighted by Crippen LogP contribution is 2.26. The number of benzene rings is 2. The minimum atomic E-state index is -0.189. The van der Waals surface area contributed by atoms with E-state index in [2.05, 4.69) is 37.2 Å². The van der Waals surface area contributed by atoms with Crippen LogP contribution < -0.4 is 11.1 Å². The predicted molar refractivity (Wildman–Crippen MR) is 96.9 cm³/mol. The van der Waals surface area contributed by atoms with Crippen molar-refractivity contribution in [2.75, 3.05) is 5.32 Å². The molecule has 0 aliphatic rings. The average Bonchev–Trinajstić information content (AvgIpc) is 2.40. The van der Waals surface area contributed by atoms with Gasteiger partial charge >= 0.3 is 0 Å². The molecule has 0 fully saturated rings. The van der Waals surface area contributed by atoms with Crippen LogP contribution in [0.3, 0.4) is 0 Å². The lowest BCUT2D eigenvalue weighted by Gasteiger charge is -2.10. The number of aryl methyl sites for hydroxylation is 1. The third kappa shape index (κ3) is 3.90. The number of rotatable bonds is 3. The van der Waals surface area contributed by atoms with Crippen molar-refractivity contribution in [2.45, 2.75) is 6.92 Å². The van der Waals surface area contributed by atoms with E-state index in [-0.39, 0.29) is 5.91 Å². The Bertz CT molecular complexity index is 732. The zero-order valence-corrected chi connectivity index (χ0v) is 15.1. The molecule has 0 radical (unpaired) electrons. The summed E-state index contributed by atoms with van der Waals surface area (Å²) in [6.07, 6.45) is 0. The van der Waals surface area contributed by atoms with Crippen molar-refractivity contribution in [1.82, 2.24) is 0 Å². The molecule has 0 aromatic heterocycles. The molecule has 2 aromatic rings. The quantitative estimate of drug-likeness (QED) is 0.713. The fourth-order valence-corrected chi connectivity index (χ4v) is 3.04. The van der Waals surface area contributed by atoms with Crippen molar-refractivity contribution in [3.63, 3.8) is 0 Å². The fourth-order valence-electron chi connectivity index (χ4n) is 1.76. The molecule has 0 heterocycles. The molecule has 3 N–H and O–H groups in total. The highest BCUT2D eigenvalue weighted by molar-refractivity contribution is 9.11. The number of nitrogens with one attached hydrogen (secondary N) is 1. The van der Waals surface area contributed by atoms with Crippen LogP contribution in [-0.4, -0.2) is 10.9 Å². The molecule has 6 heteroatoms. The highest BCUT2D eigenvalue weighted by atomic mass is 79.9. The molecule has 3 nitrogen and oxygen atoms in total. The number of carbonyl (C=O) groups excluding carboxylic acids is 1. The number of amides is 1. The number of anilines is 1. The van der Waals surface area contributed by atoms with Crippen molar-refractivity contribution in [3.8, 4) is 0 Å². The molecule has 21 heavy (non-hydrogen) atoms. The fraction of sp³-hybridized carbons (Fsp3) is 0.0667. The molecule has 0 saturated heterocycles. The number of hydrogen-bond acceptors (Lipinski definition) is 2. The van der Waals surface area contributed by atoms with Crippen LogP contribution >= 0.6 is 44.1 Å². The van der Waals surface area contributed by atoms with Gasteiger partial charge in [0.15, 0.2) is 0 Å². The Hall–Kier alpha value is -1.24. The van der Waals surface area contributed by atoms with E-state index in [9.17, 15) is 4.79 Å². The van der Waals surface area contributed by atoms with Gasteiger partial charge in [-0.25, -0.2) is 0 Å². The summed E-state index contributed by atoms with van der Waals surface area (Å²) >= 11 is 11.7. The van der Waals surface area contributed by atoms with Gasteiger partial charge < -0.3 is 11.1 Å². The van der Waals surface area contributed by atoms with Gasteiger partial charge in [-0.2, -0.15) is 0 Å². The van der Waals surface area contributed by atoms with Gasteiger partial charge in [0.05, 0.1) is 11.3 Å². The van der Waals surface area contributed by atoms with Gasteiger partial charge in [0.2, 0.25) is 0 Å². The van der Waals surface area contributed by atoms with Gasteiger partial charge in [0.25, 0.3) is 5.91 Å². The van der Waals surface area contributed by atoms with Crippen molar-refractivity contribution in [1.29, 1.82) is 0 Å². The maximum atomic E-state index is 12.3. The normalized spacial score (nSPS) is 10.2.